The highest BCUT2D eigenvalue weighted by Crippen LogP contribution is 2.45. The molecule has 0 spiro atoms. The first kappa shape index (κ1) is 19.5. The van der Waals surface area contributed by atoms with Gasteiger partial charge in [0.05, 0.1) is 13.2 Å². The Balaban J connectivity index is 1.59. The van der Waals surface area contributed by atoms with Gasteiger partial charge in [0, 0.05) is 50.6 Å². The number of carbonyl (C=O) groups excluding carboxylic acids is 2. The van der Waals surface area contributed by atoms with Gasteiger partial charge in [0.15, 0.2) is 5.69 Å². The zero-order chi connectivity index (χ0) is 20.7. The van der Waals surface area contributed by atoms with Crippen LogP contribution < -0.4 is 4.74 Å². The number of methoxy groups -OCH3 is 1. The molecule has 2 saturated heterocycles. The largest absolute Gasteiger partial charge is 0.497 e. The molecule has 3 atom stereocenters. The lowest BCUT2D eigenvalue weighted by molar-refractivity contribution is -0.132. The lowest BCUT2D eigenvalue weighted by Gasteiger charge is -2.30. The number of hydrogen-bond donors (Lipinski definition) is 0. The van der Waals surface area contributed by atoms with Gasteiger partial charge in [-0.2, -0.15) is 5.10 Å². The van der Waals surface area contributed by atoms with E-state index in [9.17, 15) is 9.59 Å². The SMILES string of the molecule is CCC(=O)N1C[C@@H]2CN(C(=O)c3cc(C)n(C)n3)C[C@@H]2[C@@H]1c1ccc(OC)cc1. The minimum atomic E-state index is -0.0232. The van der Waals surface area contributed by atoms with E-state index in [1.807, 2.05) is 61.0 Å². The smallest absolute Gasteiger partial charge is 0.274 e. The monoisotopic (exact) mass is 396 g/mol. The number of carbonyl (C=O) groups is 2. The molecule has 2 fully saturated rings. The summed E-state index contributed by atoms with van der Waals surface area (Å²) in [4.78, 5) is 29.5. The maximum Gasteiger partial charge on any atom is 0.274 e. The summed E-state index contributed by atoms with van der Waals surface area (Å²) in [5.41, 5.74) is 2.55. The molecule has 0 N–H and O–H groups in total. The summed E-state index contributed by atoms with van der Waals surface area (Å²) >= 11 is 0. The minimum absolute atomic E-state index is 0.0124. The molecule has 0 aliphatic carbocycles. The van der Waals surface area contributed by atoms with Crippen LogP contribution in [0.3, 0.4) is 0 Å². The number of rotatable bonds is 4. The molecule has 7 nitrogen and oxygen atoms in total. The fourth-order valence-electron chi connectivity index (χ4n) is 4.73. The predicted octanol–water partition coefficient (Wildman–Crippen LogP) is 2.42. The van der Waals surface area contributed by atoms with E-state index < -0.39 is 0 Å². The molecule has 1 aromatic heterocycles. The van der Waals surface area contributed by atoms with Crippen molar-refractivity contribution in [3.05, 3.63) is 47.3 Å². The van der Waals surface area contributed by atoms with Crippen molar-refractivity contribution >= 4 is 11.8 Å². The van der Waals surface area contributed by atoms with Gasteiger partial charge in [-0.05, 0) is 30.7 Å². The molecule has 7 heteroatoms. The molecule has 29 heavy (non-hydrogen) atoms. The molecule has 154 valence electrons. The van der Waals surface area contributed by atoms with Crippen LogP contribution in [-0.4, -0.2) is 58.1 Å². The van der Waals surface area contributed by atoms with Crippen molar-refractivity contribution in [1.82, 2.24) is 19.6 Å². The zero-order valence-electron chi connectivity index (χ0n) is 17.5. The third kappa shape index (κ3) is 3.39. The molecule has 2 aromatic rings. The number of aryl methyl sites for hydroxylation is 2. The third-order valence-corrected chi connectivity index (χ3v) is 6.36. The average Bonchev–Trinajstić information content (AvgIpc) is 3.39. The number of amides is 2. The average molecular weight is 396 g/mol. The molecule has 3 heterocycles. The Bertz CT molecular complexity index is 901. The van der Waals surface area contributed by atoms with Crippen LogP contribution in [0.4, 0.5) is 0 Å². The first-order chi connectivity index (χ1) is 13.9. The summed E-state index contributed by atoms with van der Waals surface area (Å²) in [5, 5.41) is 4.35. The van der Waals surface area contributed by atoms with E-state index in [2.05, 4.69) is 5.10 Å². The highest BCUT2D eigenvalue weighted by molar-refractivity contribution is 5.92. The van der Waals surface area contributed by atoms with Gasteiger partial charge < -0.3 is 14.5 Å². The van der Waals surface area contributed by atoms with Crippen molar-refractivity contribution in [1.29, 1.82) is 0 Å². The number of hydrogen-bond acceptors (Lipinski definition) is 4. The van der Waals surface area contributed by atoms with Gasteiger partial charge in [0.25, 0.3) is 5.91 Å². The van der Waals surface area contributed by atoms with Crippen molar-refractivity contribution < 1.29 is 14.3 Å². The van der Waals surface area contributed by atoms with Crippen LogP contribution in [-0.2, 0) is 11.8 Å². The Kier molecular flexibility index (Phi) is 5.06. The first-order valence-electron chi connectivity index (χ1n) is 10.2. The number of benzene rings is 1. The number of ether oxygens (including phenoxy) is 1. The summed E-state index contributed by atoms with van der Waals surface area (Å²) in [5.74, 6) is 1.45. The third-order valence-electron chi connectivity index (χ3n) is 6.36. The molecule has 4 rings (SSSR count). The van der Waals surface area contributed by atoms with Gasteiger partial charge in [-0.15, -0.1) is 0 Å². The molecule has 1 aromatic carbocycles. The highest BCUT2D eigenvalue weighted by Gasteiger charge is 2.50. The molecule has 0 bridgehead atoms. The second-order valence-corrected chi connectivity index (χ2v) is 8.05. The van der Waals surface area contributed by atoms with Crippen molar-refractivity contribution in [2.75, 3.05) is 26.7 Å². The lowest BCUT2D eigenvalue weighted by Crippen LogP contribution is -2.37. The van der Waals surface area contributed by atoms with Crippen LogP contribution in [0.15, 0.2) is 30.3 Å². The Morgan fingerprint density at radius 3 is 2.48 bits per heavy atom. The van der Waals surface area contributed by atoms with Crippen molar-refractivity contribution in [2.24, 2.45) is 18.9 Å². The summed E-state index contributed by atoms with van der Waals surface area (Å²) in [6.07, 6.45) is 0.488. The van der Waals surface area contributed by atoms with Crippen LogP contribution in [0.1, 0.15) is 41.1 Å². The van der Waals surface area contributed by atoms with Crippen molar-refractivity contribution in [3.63, 3.8) is 0 Å². The fourth-order valence-corrected chi connectivity index (χ4v) is 4.73. The van der Waals surface area contributed by atoms with Crippen molar-refractivity contribution in [3.8, 4) is 5.75 Å². The van der Waals surface area contributed by atoms with E-state index in [1.165, 1.54) is 0 Å². The van der Waals surface area contributed by atoms with Crippen LogP contribution >= 0.6 is 0 Å². The number of nitrogens with zero attached hydrogens (tertiary/aromatic N) is 4. The second-order valence-electron chi connectivity index (χ2n) is 8.05. The summed E-state index contributed by atoms with van der Waals surface area (Å²) in [7, 11) is 3.49. The Labute approximate surface area is 171 Å². The second kappa shape index (κ2) is 7.54. The predicted molar refractivity (Wildman–Crippen MR) is 109 cm³/mol. The highest BCUT2D eigenvalue weighted by atomic mass is 16.5. The van der Waals surface area contributed by atoms with Gasteiger partial charge in [0.2, 0.25) is 5.91 Å². The minimum Gasteiger partial charge on any atom is -0.497 e. The Morgan fingerprint density at radius 2 is 1.90 bits per heavy atom. The van der Waals surface area contributed by atoms with Crippen LogP contribution in [0, 0.1) is 18.8 Å². The molecular weight excluding hydrogens is 368 g/mol. The lowest BCUT2D eigenvalue weighted by atomic mass is 9.89. The van der Waals surface area contributed by atoms with E-state index in [4.69, 9.17) is 4.74 Å². The summed E-state index contributed by atoms with van der Waals surface area (Å²) < 4.78 is 7.01. The Morgan fingerprint density at radius 1 is 1.17 bits per heavy atom. The van der Waals surface area contributed by atoms with Gasteiger partial charge in [-0.3, -0.25) is 14.3 Å². The van der Waals surface area contributed by atoms with Crippen LogP contribution in [0.25, 0.3) is 0 Å². The van der Waals surface area contributed by atoms with E-state index in [0.717, 1.165) is 17.0 Å². The van der Waals surface area contributed by atoms with Gasteiger partial charge in [-0.1, -0.05) is 19.1 Å². The molecule has 2 aliphatic rings. The van der Waals surface area contributed by atoms with E-state index in [0.29, 0.717) is 31.7 Å². The van der Waals surface area contributed by atoms with Crippen LogP contribution in [0.5, 0.6) is 5.75 Å². The number of fused-ring (bicyclic) bond motifs is 1. The summed E-state index contributed by atoms with van der Waals surface area (Å²) in [6.45, 7) is 5.85. The number of aromatic nitrogens is 2. The molecule has 2 amide bonds. The molecule has 0 radical (unpaired) electrons. The van der Waals surface area contributed by atoms with E-state index >= 15 is 0 Å². The molecule has 0 unspecified atom stereocenters. The van der Waals surface area contributed by atoms with E-state index in [1.54, 1.807) is 11.8 Å². The summed E-state index contributed by atoms with van der Waals surface area (Å²) in [6, 6.07) is 9.77. The maximum absolute atomic E-state index is 13.0. The van der Waals surface area contributed by atoms with Crippen LogP contribution in [0.2, 0.25) is 0 Å². The van der Waals surface area contributed by atoms with Gasteiger partial charge in [0.1, 0.15) is 5.75 Å². The maximum atomic E-state index is 13.0. The normalized spacial score (nSPS) is 23.4. The van der Waals surface area contributed by atoms with E-state index in [-0.39, 0.29) is 29.7 Å². The Hall–Kier alpha value is -2.83. The zero-order valence-corrected chi connectivity index (χ0v) is 17.5. The standard InChI is InChI=1S/C22H28N4O3/c1-5-20(27)26-12-16-11-25(22(28)19-10-14(2)24(3)23-19)13-18(16)21(26)15-6-8-17(29-4)9-7-15/h6-10,16,18,21H,5,11-13H2,1-4H3/t16-,18-,21-/m0/s1. The topological polar surface area (TPSA) is 67.7 Å². The van der Waals surface area contributed by atoms with Gasteiger partial charge >= 0.3 is 0 Å². The first-order valence-corrected chi connectivity index (χ1v) is 10.2. The molecule has 0 saturated carbocycles. The fraction of sp³-hybridized carbons (Fsp3) is 0.500. The molecular formula is C22H28N4O3. The van der Waals surface area contributed by atoms with Crippen molar-refractivity contribution in [2.45, 2.75) is 26.3 Å². The molecule has 2 aliphatic heterocycles. The van der Waals surface area contributed by atoms with Gasteiger partial charge in [-0.25, -0.2) is 0 Å². The quantitative estimate of drug-likeness (QED) is 0.796. The number of likely N-dealkylation sites (tertiary alicyclic amines) is 2.